The Hall–Kier alpha value is -1.48. The molecule has 0 saturated heterocycles. The highest BCUT2D eigenvalue weighted by Crippen LogP contribution is 2.17. The lowest BCUT2D eigenvalue weighted by molar-refractivity contribution is -0.389. The Balaban J connectivity index is 3.34. The van der Waals surface area contributed by atoms with Crippen molar-refractivity contribution >= 4 is 21.7 Å². The third-order valence-corrected chi connectivity index (χ3v) is 1.58. The van der Waals surface area contributed by atoms with Gasteiger partial charge in [0.05, 0.1) is 0 Å². The molecule has 1 aromatic heterocycles. The minimum absolute atomic E-state index is 0.0387. The number of nitro groups is 1. The highest BCUT2D eigenvalue weighted by molar-refractivity contribution is 9.10. The molecule has 0 aromatic carbocycles. The number of hydrogen-bond acceptors (Lipinski definition) is 4. The van der Waals surface area contributed by atoms with Gasteiger partial charge in [-0.3, -0.25) is 0 Å². The normalized spacial score (nSPS) is 9.00. The van der Waals surface area contributed by atoms with E-state index in [1.807, 2.05) is 0 Å². The largest absolute Gasteiger partial charge is 0.382 e. The average molecular weight is 228 g/mol. The molecule has 60 valence electrons. The van der Waals surface area contributed by atoms with E-state index in [9.17, 15) is 10.1 Å². The SMILES string of the molecule is N#Cc1ccc(Br)nc1[N+](=O)[O-]. The highest BCUT2D eigenvalue weighted by atomic mass is 79.9. The minimum atomic E-state index is -0.691. The van der Waals surface area contributed by atoms with Crippen LogP contribution < -0.4 is 0 Å². The third-order valence-electron chi connectivity index (χ3n) is 1.13. The second-order valence-corrected chi connectivity index (χ2v) is 2.69. The van der Waals surface area contributed by atoms with Gasteiger partial charge >= 0.3 is 5.82 Å². The van der Waals surface area contributed by atoms with Crippen LogP contribution in [-0.4, -0.2) is 9.91 Å². The van der Waals surface area contributed by atoms with E-state index in [2.05, 4.69) is 20.9 Å². The summed E-state index contributed by atoms with van der Waals surface area (Å²) in [5.74, 6) is -0.424. The lowest BCUT2D eigenvalue weighted by atomic mass is 10.3. The summed E-state index contributed by atoms with van der Waals surface area (Å²) in [5, 5.41) is 18.8. The van der Waals surface area contributed by atoms with Crippen molar-refractivity contribution in [3.8, 4) is 6.07 Å². The summed E-state index contributed by atoms with van der Waals surface area (Å²) < 4.78 is 0.341. The van der Waals surface area contributed by atoms with Crippen LogP contribution in [-0.2, 0) is 0 Å². The molecule has 0 bridgehead atoms. The van der Waals surface area contributed by atoms with Gasteiger partial charge in [0.25, 0.3) is 0 Å². The number of nitrogens with zero attached hydrogens (tertiary/aromatic N) is 3. The van der Waals surface area contributed by atoms with Crippen LogP contribution in [0.5, 0.6) is 0 Å². The number of rotatable bonds is 1. The summed E-state index contributed by atoms with van der Waals surface area (Å²) in [6.45, 7) is 0. The van der Waals surface area contributed by atoms with E-state index in [1.165, 1.54) is 12.1 Å². The van der Waals surface area contributed by atoms with Gasteiger partial charge in [0, 0.05) is 15.9 Å². The zero-order valence-corrected chi connectivity index (χ0v) is 7.28. The molecule has 1 rings (SSSR count). The van der Waals surface area contributed by atoms with Crippen LogP contribution in [0.1, 0.15) is 5.56 Å². The zero-order chi connectivity index (χ0) is 9.14. The molecule has 0 radical (unpaired) electrons. The standard InChI is InChI=1S/C6H2BrN3O2/c7-5-2-1-4(3-8)6(9-5)10(11)12/h1-2H. The van der Waals surface area contributed by atoms with Crippen molar-refractivity contribution in [2.75, 3.05) is 0 Å². The van der Waals surface area contributed by atoms with Crippen LogP contribution in [0.2, 0.25) is 0 Å². The van der Waals surface area contributed by atoms with Crippen molar-refractivity contribution in [2.24, 2.45) is 0 Å². The Morgan fingerprint density at radius 3 is 2.83 bits per heavy atom. The predicted molar refractivity (Wildman–Crippen MR) is 43.3 cm³/mol. The maximum Gasteiger partial charge on any atom is 0.382 e. The Labute approximate surface area is 75.9 Å². The van der Waals surface area contributed by atoms with Crippen molar-refractivity contribution in [3.05, 3.63) is 32.4 Å². The lowest BCUT2D eigenvalue weighted by Gasteiger charge is -1.92. The third kappa shape index (κ3) is 1.57. The van der Waals surface area contributed by atoms with Crippen molar-refractivity contribution in [3.63, 3.8) is 0 Å². The van der Waals surface area contributed by atoms with Gasteiger partial charge in [-0.2, -0.15) is 5.26 Å². The van der Waals surface area contributed by atoms with Gasteiger partial charge in [0.2, 0.25) is 4.60 Å². The first-order valence-electron chi connectivity index (χ1n) is 2.86. The van der Waals surface area contributed by atoms with Crippen molar-refractivity contribution in [1.29, 1.82) is 5.26 Å². The number of halogens is 1. The molecule has 0 atom stereocenters. The first-order valence-corrected chi connectivity index (χ1v) is 3.65. The van der Waals surface area contributed by atoms with E-state index in [4.69, 9.17) is 5.26 Å². The van der Waals surface area contributed by atoms with Gasteiger partial charge in [0.15, 0.2) is 0 Å². The summed E-state index contributed by atoms with van der Waals surface area (Å²) in [7, 11) is 0. The number of aromatic nitrogens is 1. The van der Waals surface area contributed by atoms with E-state index >= 15 is 0 Å². The maximum absolute atomic E-state index is 10.3. The molecule has 0 amide bonds. The maximum atomic E-state index is 10.3. The fraction of sp³-hybridized carbons (Fsp3) is 0. The Morgan fingerprint density at radius 2 is 2.33 bits per heavy atom. The van der Waals surface area contributed by atoms with Crippen LogP contribution in [0.25, 0.3) is 0 Å². The number of pyridine rings is 1. The molecule has 0 N–H and O–H groups in total. The monoisotopic (exact) mass is 227 g/mol. The summed E-state index contributed by atoms with van der Waals surface area (Å²) in [6, 6.07) is 4.50. The van der Waals surface area contributed by atoms with Crippen LogP contribution >= 0.6 is 15.9 Å². The van der Waals surface area contributed by atoms with Gasteiger partial charge in [-0.15, -0.1) is 0 Å². The summed E-state index contributed by atoms with van der Waals surface area (Å²) in [6.07, 6.45) is 0. The number of nitriles is 1. The van der Waals surface area contributed by atoms with Crippen molar-refractivity contribution in [1.82, 2.24) is 4.98 Å². The summed E-state index contributed by atoms with van der Waals surface area (Å²) in [5.41, 5.74) is -0.0387. The number of hydrogen-bond donors (Lipinski definition) is 0. The zero-order valence-electron chi connectivity index (χ0n) is 5.69. The van der Waals surface area contributed by atoms with Crippen molar-refractivity contribution < 1.29 is 4.92 Å². The smallest absolute Gasteiger partial charge is 0.358 e. The summed E-state index contributed by atoms with van der Waals surface area (Å²) >= 11 is 2.97. The fourth-order valence-electron chi connectivity index (χ4n) is 0.652. The molecule has 0 aliphatic carbocycles. The van der Waals surface area contributed by atoms with Crippen LogP contribution in [0.4, 0.5) is 5.82 Å². The topological polar surface area (TPSA) is 79.8 Å². The molecule has 12 heavy (non-hydrogen) atoms. The molecular weight excluding hydrogens is 226 g/mol. The lowest BCUT2D eigenvalue weighted by Crippen LogP contribution is -1.95. The van der Waals surface area contributed by atoms with E-state index in [-0.39, 0.29) is 5.56 Å². The van der Waals surface area contributed by atoms with Crippen molar-refractivity contribution in [2.45, 2.75) is 0 Å². The van der Waals surface area contributed by atoms with Gasteiger partial charge in [-0.05, 0) is 22.0 Å². The molecule has 6 heteroatoms. The first-order chi connectivity index (χ1) is 5.65. The Kier molecular flexibility index (Phi) is 2.35. The van der Waals surface area contributed by atoms with Gasteiger partial charge < -0.3 is 10.1 Å². The van der Waals surface area contributed by atoms with Gasteiger partial charge in [0.1, 0.15) is 11.6 Å². The molecule has 1 aromatic rings. The Bertz CT molecular complexity index is 372. The van der Waals surface area contributed by atoms with E-state index in [0.29, 0.717) is 4.60 Å². The molecular formula is C6H2BrN3O2. The molecule has 5 nitrogen and oxygen atoms in total. The Morgan fingerprint density at radius 1 is 1.67 bits per heavy atom. The predicted octanol–water partition coefficient (Wildman–Crippen LogP) is 1.62. The first kappa shape index (κ1) is 8.62. The molecule has 0 aliphatic heterocycles. The molecule has 1 heterocycles. The molecule has 0 saturated carbocycles. The molecule has 0 aliphatic rings. The van der Waals surface area contributed by atoms with E-state index < -0.39 is 10.7 Å². The van der Waals surface area contributed by atoms with Crippen LogP contribution in [0, 0.1) is 21.4 Å². The van der Waals surface area contributed by atoms with E-state index in [0.717, 1.165) is 0 Å². The molecule has 0 unspecified atom stereocenters. The van der Waals surface area contributed by atoms with Crippen LogP contribution in [0.15, 0.2) is 16.7 Å². The van der Waals surface area contributed by atoms with Gasteiger partial charge in [-0.1, -0.05) is 0 Å². The minimum Gasteiger partial charge on any atom is -0.358 e. The van der Waals surface area contributed by atoms with Crippen LogP contribution in [0.3, 0.4) is 0 Å². The summed E-state index contributed by atoms with van der Waals surface area (Å²) in [4.78, 5) is 13.2. The van der Waals surface area contributed by atoms with Gasteiger partial charge in [-0.25, -0.2) is 0 Å². The highest BCUT2D eigenvalue weighted by Gasteiger charge is 2.15. The second-order valence-electron chi connectivity index (χ2n) is 1.87. The molecule has 0 spiro atoms. The second kappa shape index (κ2) is 3.28. The quantitative estimate of drug-likeness (QED) is 0.415. The molecule has 0 fully saturated rings. The average Bonchev–Trinajstić information content (AvgIpc) is 2.04. The van der Waals surface area contributed by atoms with E-state index in [1.54, 1.807) is 6.07 Å². The fourth-order valence-corrected chi connectivity index (χ4v) is 0.952.